The van der Waals surface area contributed by atoms with E-state index in [1.807, 2.05) is 46.3 Å². The molecule has 2 heterocycles. The molecule has 0 fully saturated rings. The van der Waals surface area contributed by atoms with Crippen LogP contribution in [0.2, 0.25) is 5.02 Å². The predicted octanol–water partition coefficient (Wildman–Crippen LogP) is 5.04. The van der Waals surface area contributed by atoms with Crippen LogP contribution in [-0.2, 0) is 11.2 Å². The van der Waals surface area contributed by atoms with Crippen LogP contribution in [0, 0.1) is 5.82 Å². The summed E-state index contributed by atoms with van der Waals surface area (Å²) >= 11 is 7.43. The summed E-state index contributed by atoms with van der Waals surface area (Å²) < 4.78 is 15.0. The number of carbonyl (C=O) groups excluding carboxylic acids is 1. The van der Waals surface area contributed by atoms with Gasteiger partial charge in [-0.15, -0.1) is 11.3 Å². The van der Waals surface area contributed by atoms with Crippen LogP contribution in [0.15, 0.2) is 60.1 Å². The van der Waals surface area contributed by atoms with E-state index in [9.17, 15) is 9.18 Å². The van der Waals surface area contributed by atoms with Crippen molar-refractivity contribution in [1.82, 2.24) is 9.38 Å². The molecular weight excluding hydrogens is 373 g/mol. The molecule has 7 heteroatoms. The maximum Gasteiger partial charge on any atom is 0.230 e. The van der Waals surface area contributed by atoms with E-state index < -0.39 is 5.82 Å². The monoisotopic (exact) mass is 385 g/mol. The second-order valence-electron chi connectivity index (χ2n) is 5.72. The number of hydrogen-bond acceptors (Lipinski definition) is 3. The lowest BCUT2D eigenvalue weighted by molar-refractivity contribution is -0.115. The Hall–Kier alpha value is -2.70. The summed E-state index contributed by atoms with van der Waals surface area (Å²) in [5.74, 6) is -0.674. The van der Waals surface area contributed by atoms with Gasteiger partial charge in [0, 0.05) is 22.8 Å². The Morgan fingerprint density at radius 3 is 2.81 bits per heavy atom. The summed E-state index contributed by atoms with van der Waals surface area (Å²) in [6.45, 7) is 0. The molecular formula is C19H13ClFN3OS. The van der Waals surface area contributed by atoms with Crippen molar-refractivity contribution in [2.24, 2.45) is 0 Å². The molecule has 0 aliphatic carbocycles. The van der Waals surface area contributed by atoms with E-state index in [2.05, 4.69) is 10.3 Å². The molecule has 0 bridgehead atoms. The van der Waals surface area contributed by atoms with Gasteiger partial charge >= 0.3 is 0 Å². The van der Waals surface area contributed by atoms with Crippen molar-refractivity contribution >= 4 is 39.5 Å². The first-order valence-electron chi connectivity index (χ1n) is 7.86. The SMILES string of the molecule is O=C(Cc1csc2nc(-c3ccccc3)cn12)Nc1ccc(F)cc1Cl. The van der Waals surface area contributed by atoms with Gasteiger partial charge in [0.15, 0.2) is 4.96 Å². The van der Waals surface area contributed by atoms with Crippen molar-refractivity contribution in [3.63, 3.8) is 0 Å². The van der Waals surface area contributed by atoms with Crippen LogP contribution in [0.3, 0.4) is 0 Å². The number of aromatic nitrogens is 2. The van der Waals surface area contributed by atoms with Crippen LogP contribution in [0.4, 0.5) is 10.1 Å². The summed E-state index contributed by atoms with van der Waals surface area (Å²) in [5.41, 5.74) is 3.10. The topological polar surface area (TPSA) is 46.4 Å². The van der Waals surface area contributed by atoms with E-state index in [4.69, 9.17) is 11.6 Å². The van der Waals surface area contributed by atoms with Crippen molar-refractivity contribution < 1.29 is 9.18 Å². The van der Waals surface area contributed by atoms with Crippen LogP contribution in [-0.4, -0.2) is 15.3 Å². The predicted molar refractivity (Wildman–Crippen MR) is 102 cm³/mol. The van der Waals surface area contributed by atoms with Crippen LogP contribution in [0.1, 0.15) is 5.69 Å². The number of rotatable bonds is 4. The molecule has 0 atom stereocenters. The number of anilines is 1. The smallest absolute Gasteiger partial charge is 0.230 e. The van der Waals surface area contributed by atoms with Gasteiger partial charge in [0.05, 0.1) is 22.8 Å². The van der Waals surface area contributed by atoms with E-state index in [0.29, 0.717) is 5.69 Å². The molecule has 0 unspecified atom stereocenters. The lowest BCUT2D eigenvalue weighted by Gasteiger charge is -2.07. The number of benzene rings is 2. The number of nitrogens with zero attached hydrogens (tertiary/aromatic N) is 2. The molecule has 4 nitrogen and oxygen atoms in total. The summed E-state index contributed by atoms with van der Waals surface area (Å²) in [6.07, 6.45) is 2.09. The van der Waals surface area contributed by atoms with Crippen LogP contribution in [0.25, 0.3) is 16.2 Å². The second-order valence-corrected chi connectivity index (χ2v) is 6.96. The molecule has 0 saturated heterocycles. The lowest BCUT2D eigenvalue weighted by Crippen LogP contribution is -2.15. The highest BCUT2D eigenvalue weighted by Crippen LogP contribution is 2.25. The lowest BCUT2D eigenvalue weighted by atomic mass is 10.2. The minimum Gasteiger partial charge on any atom is -0.324 e. The summed E-state index contributed by atoms with van der Waals surface area (Å²) in [6, 6.07) is 13.7. The molecule has 26 heavy (non-hydrogen) atoms. The third-order valence-electron chi connectivity index (χ3n) is 3.90. The molecule has 2 aromatic carbocycles. The van der Waals surface area contributed by atoms with E-state index in [1.54, 1.807) is 0 Å². The largest absolute Gasteiger partial charge is 0.324 e. The number of thiazole rings is 1. The van der Waals surface area contributed by atoms with Gasteiger partial charge in [-0.05, 0) is 18.2 Å². The van der Waals surface area contributed by atoms with Crippen molar-refractivity contribution in [2.75, 3.05) is 5.32 Å². The molecule has 1 N–H and O–H groups in total. The van der Waals surface area contributed by atoms with Gasteiger partial charge in [0.25, 0.3) is 0 Å². The molecule has 4 aromatic rings. The normalized spacial score (nSPS) is 11.0. The van der Waals surface area contributed by atoms with Crippen LogP contribution in [0.5, 0.6) is 0 Å². The number of hydrogen-bond donors (Lipinski definition) is 1. The molecule has 0 aliphatic rings. The highest BCUT2D eigenvalue weighted by atomic mass is 35.5. The first kappa shape index (κ1) is 16.8. The zero-order chi connectivity index (χ0) is 18.1. The highest BCUT2D eigenvalue weighted by molar-refractivity contribution is 7.15. The Kier molecular flexibility index (Phi) is 4.44. The van der Waals surface area contributed by atoms with Crippen molar-refractivity contribution in [1.29, 1.82) is 0 Å². The van der Waals surface area contributed by atoms with Gasteiger partial charge in [0.2, 0.25) is 5.91 Å². The molecule has 4 rings (SSSR count). The zero-order valence-corrected chi connectivity index (χ0v) is 15.0. The Morgan fingerprint density at radius 1 is 1.23 bits per heavy atom. The first-order valence-corrected chi connectivity index (χ1v) is 9.12. The van der Waals surface area contributed by atoms with Gasteiger partial charge in [-0.1, -0.05) is 41.9 Å². The minimum absolute atomic E-state index is 0.165. The molecule has 2 aromatic heterocycles. The summed E-state index contributed by atoms with van der Waals surface area (Å²) in [7, 11) is 0. The fourth-order valence-corrected chi connectivity index (χ4v) is 3.74. The Labute approximate surface area is 157 Å². The highest BCUT2D eigenvalue weighted by Gasteiger charge is 2.13. The summed E-state index contributed by atoms with van der Waals surface area (Å²) in [5, 5.41) is 4.79. The number of imidazole rings is 1. The number of carbonyl (C=O) groups is 1. The standard InChI is InChI=1S/C19H13ClFN3OS/c20-15-8-13(21)6-7-16(15)22-18(25)9-14-11-26-19-23-17(10-24(14)19)12-4-2-1-3-5-12/h1-8,10-11H,9H2,(H,22,25). The van der Waals surface area contributed by atoms with Crippen molar-refractivity contribution in [3.05, 3.63) is 76.6 Å². The van der Waals surface area contributed by atoms with Crippen molar-refractivity contribution in [2.45, 2.75) is 6.42 Å². The Morgan fingerprint density at radius 2 is 2.04 bits per heavy atom. The van der Waals surface area contributed by atoms with Crippen molar-refractivity contribution in [3.8, 4) is 11.3 Å². The molecule has 1 amide bonds. The van der Waals surface area contributed by atoms with Gasteiger partial charge in [-0.3, -0.25) is 9.20 Å². The maximum atomic E-state index is 13.1. The molecule has 0 aliphatic heterocycles. The van der Waals surface area contributed by atoms with Gasteiger partial charge in [-0.25, -0.2) is 9.37 Å². The summed E-state index contributed by atoms with van der Waals surface area (Å²) in [4.78, 5) is 17.8. The molecule has 0 saturated carbocycles. The fraction of sp³-hybridized carbons (Fsp3) is 0.0526. The molecule has 0 radical (unpaired) electrons. The molecule has 130 valence electrons. The molecule has 0 spiro atoms. The van der Waals surface area contributed by atoms with Gasteiger partial charge in [0.1, 0.15) is 5.82 Å². The first-order chi connectivity index (χ1) is 12.6. The van der Waals surface area contributed by atoms with Gasteiger partial charge < -0.3 is 5.32 Å². The third kappa shape index (κ3) is 3.34. The number of fused-ring (bicyclic) bond motifs is 1. The number of amides is 1. The maximum absolute atomic E-state index is 13.1. The van der Waals surface area contributed by atoms with E-state index >= 15 is 0 Å². The van der Waals surface area contributed by atoms with Crippen LogP contribution < -0.4 is 5.32 Å². The van der Waals surface area contributed by atoms with E-state index in [1.165, 1.54) is 29.5 Å². The minimum atomic E-state index is -0.445. The fourth-order valence-electron chi connectivity index (χ4n) is 2.65. The average molecular weight is 386 g/mol. The van der Waals surface area contributed by atoms with E-state index in [-0.39, 0.29) is 17.4 Å². The zero-order valence-electron chi connectivity index (χ0n) is 13.4. The second kappa shape index (κ2) is 6.90. The number of halogens is 2. The Balaban J connectivity index is 1.55. The Bertz CT molecular complexity index is 1090. The van der Waals surface area contributed by atoms with Crippen LogP contribution >= 0.6 is 22.9 Å². The average Bonchev–Trinajstić information content (AvgIpc) is 3.20. The number of nitrogens with one attached hydrogen (secondary N) is 1. The van der Waals surface area contributed by atoms with Gasteiger partial charge in [-0.2, -0.15) is 0 Å². The van der Waals surface area contributed by atoms with E-state index in [0.717, 1.165) is 21.9 Å². The quantitative estimate of drug-likeness (QED) is 0.535. The third-order valence-corrected chi connectivity index (χ3v) is 5.10.